The summed E-state index contributed by atoms with van der Waals surface area (Å²) in [5, 5.41) is 3.17. The van der Waals surface area contributed by atoms with Crippen molar-refractivity contribution in [3.8, 4) is 0 Å². The number of furan rings is 1. The SMILES string of the molecule is CC(Cc1ccco1)Nc1ccc(F)c(NS(C)(=O)=O)c1. The Labute approximate surface area is 123 Å². The van der Waals surface area contributed by atoms with Crippen LogP contribution in [0.1, 0.15) is 12.7 Å². The fourth-order valence-electron chi connectivity index (χ4n) is 1.96. The summed E-state index contributed by atoms with van der Waals surface area (Å²) in [5.41, 5.74) is 0.550. The van der Waals surface area contributed by atoms with Crippen LogP contribution in [0, 0.1) is 5.82 Å². The van der Waals surface area contributed by atoms with Gasteiger partial charge in [0.25, 0.3) is 0 Å². The van der Waals surface area contributed by atoms with Crippen LogP contribution in [0.15, 0.2) is 41.0 Å². The van der Waals surface area contributed by atoms with E-state index in [1.54, 1.807) is 12.3 Å². The number of benzene rings is 1. The van der Waals surface area contributed by atoms with Crippen LogP contribution in [-0.4, -0.2) is 20.7 Å². The minimum absolute atomic E-state index is 0.0488. The zero-order valence-corrected chi connectivity index (χ0v) is 12.6. The van der Waals surface area contributed by atoms with E-state index in [-0.39, 0.29) is 11.7 Å². The molecule has 2 N–H and O–H groups in total. The molecule has 5 nitrogen and oxygen atoms in total. The highest BCUT2D eigenvalue weighted by atomic mass is 32.2. The number of halogens is 1. The van der Waals surface area contributed by atoms with Gasteiger partial charge in [-0.2, -0.15) is 0 Å². The molecular formula is C14H17FN2O3S. The minimum Gasteiger partial charge on any atom is -0.469 e. The molecule has 1 unspecified atom stereocenters. The third-order valence-corrected chi connectivity index (χ3v) is 3.35. The lowest BCUT2D eigenvalue weighted by atomic mass is 10.2. The Morgan fingerprint density at radius 1 is 1.33 bits per heavy atom. The molecule has 0 aliphatic carbocycles. The Bertz CT molecular complexity index is 699. The van der Waals surface area contributed by atoms with Gasteiger partial charge in [-0.1, -0.05) is 0 Å². The largest absolute Gasteiger partial charge is 0.469 e. The topological polar surface area (TPSA) is 71.3 Å². The highest BCUT2D eigenvalue weighted by Crippen LogP contribution is 2.21. The Hall–Kier alpha value is -2.02. The van der Waals surface area contributed by atoms with Crippen molar-refractivity contribution in [2.75, 3.05) is 16.3 Å². The predicted octanol–water partition coefficient (Wildman–Crippen LogP) is 2.83. The normalized spacial score (nSPS) is 12.9. The quantitative estimate of drug-likeness (QED) is 0.860. The highest BCUT2D eigenvalue weighted by Gasteiger charge is 2.10. The molecule has 2 rings (SSSR count). The van der Waals surface area contributed by atoms with Crippen molar-refractivity contribution < 1.29 is 17.2 Å². The molecule has 7 heteroatoms. The first-order chi connectivity index (χ1) is 9.83. The van der Waals surface area contributed by atoms with E-state index in [0.717, 1.165) is 12.0 Å². The predicted molar refractivity (Wildman–Crippen MR) is 80.4 cm³/mol. The van der Waals surface area contributed by atoms with E-state index < -0.39 is 15.8 Å². The summed E-state index contributed by atoms with van der Waals surface area (Å²) in [7, 11) is -3.52. The van der Waals surface area contributed by atoms with Gasteiger partial charge in [-0.3, -0.25) is 4.72 Å². The first-order valence-electron chi connectivity index (χ1n) is 6.40. The molecule has 0 saturated carbocycles. The van der Waals surface area contributed by atoms with Crippen LogP contribution in [0.4, 0.5) is 15.8 Å². The molecule has 0 saturated heterocycles. The second-order valence-corrected chi connectivity index (χ2v) is 6.65. The summed E-state index contributed by atoms with van der Waals surface area (Å²) in [6.07, 6.45) is 3.25. The minimum atomic E-state index is -3.52. The number of nitrogens with one attached hydrogen (secondary N) is 2. The molecule has 1 aromatic heterocycles. The zero-order chi connectivity index (χ0) is 15.5. The fraction of sp³-hybridized carbons (Fsp3) is 0.286. The maximum Gasteiger partial charge on any atom is 0.229 e. The average Bonchev–Trinajstić information content (AvgIpc) is 2.84. The van der Waals surface area contributed by atoms with Gasteiger partial charge in [0.1, 0.15) is 11.6 Å². The molecule has 1 heterocycles. The summed E-state index contributed by atoms with van der Waals surface area (Å²) >= 11 is 0. The van der Waals surface area contributed by atoms with Crippen LogP contribution in [0.2, 0.25) is 0 Å². The van der Waals surface area contributed by atoms with Crippen LogP contribution in [-0.2, 0) is 16.4 Å². The van der Waals surface area contributed by atoms with Crippen molar-refractivity contribution in [1.29, 1.82) is 0 Å². The first-order valence-corrected chi connectivity index (χ1v) is 8.29. The van der Waals surface area contributed by atoms with E-state index >= 15 is 0 Å². The highest BCUT2D eigenvalue weighted by molar-refractivity contribution is 7.92. The maximum atomic E-state index is 13.6. The fourth-order valence-corrected chi connectivity index (χ4v) is 2.51. The molecule has 1 aromatic carbocycles. The number of hydrogen-bond donors (Lipinski definition) is 2. The van der Waals surface area contributed by atoms with Crippen molar-refractivity contribution in [3.05, 3.63) is 48.2 Å². The van der Waals surface area contributed by atoms with E-state index in [1.807, 2.05) is 19.1 Å². The molecule has 0 radical (unpaired) electrons. The summed E-state index contributed by atoms with van der Waals surface area (Å²) in [4.78, 5) is 0. The Kier molecular flexibility index (Phi) is 4.52. The van der Waals surface area contributed by atoms with E-state index in [2.05, 4.69) is 10.0 Å². The Morgan fingerprint density at radius 3 is 2.71 bits per heavy atom. The van der Waals surface area contributed by atoms with Gasteiger partial charge in [0.05, 0.1) is 18.2 Å². The van der Waals surface area contributed by atoms with Crippen LogP contribution < -0.4 is 10.0 Å². The molecule has 0 fully saturated rings. The number of rotatable bonds is 6. The van der Waals surface area contributed by atoms with Crippen LogP contribution in [0.5, 0.6) is 0 Å². The average molecular weight is 312 g/mol. The van der Waals surface area contributed by atoms with Crippen molar-refractivity contribution in [2.24, 2.45) is 0 Å². The third kappa shape index (κ3) is 4.78. The van der Waals surface area contributed by atoms with Gasteiger partial charge in [-0.05, 0) is 37.3 Å². The molecule has 2 aromatic rings. The summed E-state index contributed by atoms with van der Waals surface area (Å²) in [5.74, 6) is 0.219. The molecule has 0 aliphatic rings. The van der Waals surface area contributed by atoms with Gasteiger partial charge in [0, 0.05) is 18.2 Å². The van der Waals surface area contributed by atoms with Crippen LogP contribution >= 0.6 is 0 Å². The van der Waals surface area contributed by atoms with Crippen molar-refractivity contribution in [3.63, 3.8) is 0 Å². The van der Waals surface area contributed by atoms with E-state index in [1.165, 1.54) is 12.1 Å². The standard InChI is InChI=1S/C14H17FN2O3S/c1-10(8-12-4-3-7-20-12)16-11-5-6-13(15)14(9-11)17-21(2,18)19/h3-7,9-10,16-17H,8H2,1-2H3. The molecule has 1 atom stereocenters. The lowest BCUT2D eigenvalue weighted by Crippen LogP contribution is -2.18. The first kappa shape index (κ1) is 15.4. The second-order valence-electron chi connectivity index (χ2n) is 4.90. The Morgan fingerprint density at radius 2 is 2.10 bits per heavy atom. The van der Waals surface area contributed by atoms with Gasteiger partial charge >= 0.3 is 0 Å². The smallest absolute Gasteiger partial charge is 0.229 e. The lowest BCUT2D eigenvalue weighted by molar-refractivity contribution is 0.498. The number of sulfonamides is 1. The summed E-state index contributed by atoms with van der Waals surface area (Å²) in [6.45, 7) is 1.95. The second kappa shape index (κ2) is 6.17. The molecular weight excluding hydrogens is 295 g/mol. The zero-order valence-electron chi connectivity index (χ0n) is 11.8. The molecule has 0 aliphatic heterocycles. The van der Waals surface area contributed by atoms with Crippen LogP contribution in [0.3, 0.4) is 0 Å². The molecule has 0 bridgehead atoms. The molecule has 21 heavy (non-hydrogen) atoms. The maximum absolute atomic E-state index is 13.6. The number of anilines is 2. The van der Waals surface area contributed by atoms with E-state index in [9.17, 15) is 12.8 Å². The molecule has 114 valence electrons. The van der Waals surface area contributed by atoms with Crippen LogP contribution in [0.25, 0.3) is 0 Å². The van der Waals surface area contributed by atoms with Gasteiger partial charge in [-0.25, -0.2) is 12.8 Å². The summed E-state index contributed by atoms with van der Waals surface area (Å²) < 4.78 is 43.4. The third-order valence-electron chi connectivity index (χ3n) is 2.76. The molecule has 0 spiro atoms. The lowest BCUT2D eigenvalue weighted by Gasteiger charge is -2.15. The monoisotopic (exact) mass is 312 g/mol. The van der Waals surface area contributed by atoms with Gasteiger partial charge < -0.3 is 9.73 Å². The van der Waals surface area contributed by atoms with Gasteiger partial charge in [-0.15, -0.1) is 0 Å². The van der Waals surface area contributed by atoms with Gasteiger partial charge in [0.15, 0.2) is 0 Å². The van der Waals surface area contributed by atoms with Crippen molar-refractivity contribution >= 4 is 21.4 Å². The molecule has 0 amide bonds. The van der Waals surface area contributed by atoms with Crippen molar-refractivity contribution in [1.82, 2.24) is 0 Å². The van der Waals surface area contributed by atoms with E-state index in [0.29, 0.717) is 12.1 Å². The van der Waals surface area contributed by atoms with Gasteiger partial charge in [0.2, 0.25) is 10.0 Å². The number of hydrogen-bond acceptors (Lipinski definition) is 4. The summed E-state index contributed by atoms with van der Waals surface area (Å²) in [6, 6.07) is 7.94. The Balaban J connectivity index is 2.08. The van der Waals surface area contributed by atoms with Crippen molar-refractivity contribution in [2.45, 2.75) is 19.4 Å². The van der Waals surface area contributed by atoms with E-state index in [4.69, 9.17) is 4.42 Å².